The zero-order chi connectivity index (χ0) is 40.1. The van der Waals surface area contributed by atoms with E-state index in [-0.39, 0.29) is 43.0 Å². The highest BCUT2D eigenvalue weighted by atomic mass is 32.2. The van der Waals surface area contributed by atoms with E-state index in [0.29, 0.717) is 58.5 Å². The molecule has 0 saturated heterocycles. The number of methoxy groups -OCH3 is 1. The smallest absolute Gasteiger partial charge is 0.261 e. The first-order valence-electron chi connectivity index (χ1n) is 19.3. The average Bonchev–Trinajstić information content (AvgIpc) is 3.73. The first-order valence-corrected chi connectivity index (χ1v) is 20.7. The predicted octanol–water partition coefficient (Wildman–Crippen LogP) is 7.77. The van der Waals surface area contributed by atoms with Gasteiger partial charge in [-0.3, -0.25) is 24.3 Å². The summed E-state index contributed by atoms with van der Waals surface area (Å²) >= 11 is 1.47. The third-order valence-corrected chi connectivity index (χ3v) is 11.9. The molecule has 294 valence electrons. The van der Waals surface area contributed by atoms with Crippen LogP contribution in [0.3, 0.4) is 0 Å². The number of para-hydroxylation sites is 2. The van der Waals surface area contributed by atoms with Crippen LogP contribution < -0.4 is 34.2 Å². The van der Waals surface area contributed by atoms with E-state index in [0.717, 1.165) is 45.7 Å². The molecule has 12 heteroatoms. The highest BCUT2D eigenvalue weighted by Crippen LogP contribution is 2.42. The molecule has 4 aliphatic rings. The number of carbonyl (C=O) groups is 3. The van der Waals surface area contributed by atoms with Crippen molar-refractivity contribution >= 4 is 64.1 Å². The standard InChI is InChI=1S/C46H43N5O6S/c1-27-13-35-37(47-22-33-17-30-9-5-7-11-39(30)50(33)45(35)53)20-41(27)56-24-28-14-29(16-32(15-28)49(2)44(52)26-58-4)25-57-43-21-38-36(19-42(43)55-3)46(54)51-34(23-48-38)18-31-10-6-8-12-40(31)51/h5-16,19-21,23,33-34,47H,17-18,22,24-26H2,1-4H3/t33-,34-/m0/s1. The summed E-state index contributed by atoms with van der Waals surface area (Å²) in [6, 6.07) is 29.0. The topological polar surface area (TPSA) is 113 Å². The Bertz CT molecular complexity index is 2520. The lowest BCUT2D eigenvalue weighted by molar-refractivity contribution is -0.115. The van der Waals surface area contributed by atoms with Crippen molar-refractivity contribution in [2.75, 3.05) is 52.7 Å². The van der Waals surface area contributed by atoms with Gasteiger partial charge in [0.05, 0.1) is 47.4 Å². The van der Waals surface area contributed by atoms with Gasteiger partial charge in [0, 0.05) is 55.4 Å². The van der Waals surface area contributed by atoms with Crippen LogP contribution in [0.15, 0.2) is 96.0 Å². The van der Waals surface area contributed by atoms with Crippen LogP contribution in [0, 0.1) is 6.92 Å². The van der Waals surface area contributed by atoms with Crippen molar-refractivity contribution in [3.8, 4) is 17.2 Å². The number of rotatable bonds is 10. The molecule has 9 rings (SSSR count). The number of anilines is 4. The number of hydrogen-bond donors (Lipinski definition) is 1. The van der Waals surface area contributed by atoms with E-state index in [9.17, 15) is 14.4 Å². The van der Waals surface area contributed by atoms with Gasteiger partial charge >= 0.3 is 0 Å². The second kappa shape index (κ2) is 15.2. The maximum absolute atomic E-state index is 13.9. The van der Waals surface area contributed by atoms with Crippen LogP contribution in [0.25, 0.3) is 0 Å². The highest BCUT2D eigenvalue weighted by molar-refractivity contribution is 7.99. The normalized spacial score (nSPS) is 17.2. The predicted molar refractivity (Wildman–Crippen MR) is 229 cm³/mol. The van der Waals surface area contributed by atoms with Crippen molar-refractivity contribution in [2.45, 2.75) is 45.1 Å². The third-order valence-electron chi connectivity index (χ3n) is 11.3. The Balaban J connectivity index is 0.966. The Kier molecular flexibility index (Phi) is 9.81. The molecule has 5 aromatic carbocycles. The Morgan fingerprint density at radius 2 is 1.50 bits per heavy atom. The van der Waals surface area contributed by atoms with Crippen LogP contribution in [0.2, 0.25) is 0 Å². The molecule has 0 fully saturated rings. The molecule has 1 N–H and O–H groups in total. The monoisotopic (exact) mass is 793 g/mol. The molecule has 0 saturated carbocycles. The summed E-state index contributed by atoms with van der Waals surface area (Å²) < 4.78 is 18.6. The number of amides is 3. The number of ether oxygens (including phenoxy) is 3. The summed E-state index contributed by atoms with van der Waals surface area (Å²) in [5.41, 5.74) is 9.67. The minimum Gasteiger partial charge on any atom is -0.493 e. The fourth-order valence-corrected chi connectivity index (χ4v) is 8.84. The molecule has 4 aliphatic heterocycles. The molecule has 4 heterocycles. The van der Waals surface area contributed by atoms with Crippen LogP contribution in [-0.4, -0.2) is 68.7 Å². The summed E-state index contributed by atoms with van der Waals surface area (Å²) in [7, 11) is 3.31. The number of benzene rings is 5. The SMILES string of the molecule is COc1cc2c(cc1OCc1cc(COc3cc4c(cc3C)C(=O)N3c5ccccc5C[C@H]3CN4)cc(N(C)C(=O)CSC)c1)N=C[C@@H]1Cc3ccccc3N1C2=O. The van der Waals surface area contributed by atoms with Gasteiger partial charge in [0.2, 0.25) is 5.91 Å². The molecule has 0 bridgehead atoms. The van der Waals surface area contributed by atoms with Crippen molar-refractivity contribution in [3.05, 3.63) is 130 Å². The molecule has 2 atom stereocenters. The Morgan fingerprint density at radius 1 is 0.828 bits per heavy atom. The van der Waals surface area contributed by atoms with Gasteiger partial charge in [-0.05, 0) is 89.9 Å². The Hall–Kier alpha value is -6.27. The molecular weight excluding hydrogens is 751 g/mol. The molecular formula is C46H43N5O6S. The summed E-state index contributed by atoms with van der Waals surface area (Å²) in [6.07, 6.45) is 5.24. The summed E-state index contributed by atoms with van der Waals surface area (Å²) in [5, 5.41) is 3.52. The number of nitrogens with zero attached hydrogens (tertiary/aromatic N) is 4. The second-order valence-corrected chi connectivity index (χ2v) is 15.9. The van der Waals surface area contributed by atoms with E-state index >= 15 is 0 Å². The summed E-state index contributed by atoms with van der Waals surface area (Å²) in [4.78, 5) is 51.0. The number of hydrogen-bond acceptors (Lipinski definition) is 9. The number of thioether (sulfide) groups is 1. The van der Waals surface area contributed by atoms with Gasteiger partial charge in [0.1, 0.15) is 19.0 Å². The Morgan fingerprint density at radius 3 is 2.22 bits per heavy atom. The van der Waals surface area contributed by atoms with Crippen LogP contribution in [-0.2, 0) is 30.8 Å². The maximum atomic E-state index is 13.9. The van der Waals surface area contributed by atoms with Gasteiger partial charge in [-0.2, -0.15) is 11.8 Å². The zero-order valence-electron chi connectivity index (χ0n) is 32.8. The molecule has 0 aliphatic carbocycles. The van der Waals surface area contributed by atoms with E-state index in [1.807, 2.05) is 97.1 Å². The summed E-state index contributed by atoms with van der Waals surface area (Å²) in [6.45, 7) is 2.93. The zero-order valence-corrected chi connectivity index (χ0v) is 33.6. The molecule has 11 nitrogen and oxygen atoms in total. The Labute approximate surface area is 341 Å². The van der Waals surface area contributed by atoms with Gasteiger partial charge < -0.3 is 29.3 Å². The minimum atomic E-state index is -0.175. The molecule has 0 unspecified atom stereocenters. The first-order chi connectivity index (χ1) is 28.2. The van der Waals surface area contributed by atoms with Crippen LogP contribution in [0.4, 0.5) is 28.4 Å². The van der Waals surface area contributed by atoms with Gasteiger partial charge in [-0.1, -0.05) is 36.4 Å². The second-order valence-electron chi connectivity index (χ2n) is 15.1. The van der Waals surface area contributed by atoms with Crippen molar-refractivity contribution in [1.29, 1.82) is 0 Å². The number of fused-ring (bicyclic) bond motifs is 8. The molecule has 58 heavy (non-hydrogen) atoms. The highest BCUT2D eigenvalue weighted by Gasteiger charge is 2.38. The fourth-order valence-electron chi connectivity index (χ4n) is 8.40. The van der Waals surface area contributed by atoms with Crippen molar-refractivity contribution in [1.82, 2.24) is 0 Å². The van der Waals surface area contributed by atoms with E-state index in [4.69, 9.17) is 19.2 Å². The number of aliphatic imine (C=N–C) groups is 1. The number of nitrogens with one attached hydrogen (secondary N) is 1. The maximum Gasteiger partial charge on any atom is 0.261 e. The average molecular weight is 794 g/mol. The van der Waals surface area contributed by atoms with Crippen molar-refractivity contribution in [3.63, 3.8) is 0 Å². The van der Waals surface area contributed by atoms with E-state index in [2.05, 4.69) is 11.4 Å². The van der Waals surface area contributed by atoms with Crippen molar-refractivity contribution < 1.29 is 28.6 Å². The molecule has 0 spiro atoms. The van der Waals surface area contributed by atoms with Gasteiger partial charge in [0.25, 0.3) is 11.8 Å². The van der Waals surface area contributed by atoms with Crippen molar-refractivity contribution in [2.24, 2.45) is 4.99 Å². The third kappa shape index (κ3) is 6.70. The van der Waals surface area contributed by atoms with Gasteiger partial charge in [-0.15, -0.1) is 0 Å². The first kappa shape index (κ1) is 37.3. The number of aryl methyl sites for hydroxylation is 1. The van der Waals surface area contributed by atoms with E-state index < -0.39 is 0 Å². The van der Waals surface area contributed by atoms with Gasteiger partial charge in [0.15, 0.2) is 11.5 Å². The summed E-state index contributed by atoms with van der Waals surface area (Å²) in [5.74, 6) is 1.66. The van der Waals surface area contributed by atoms with E-state index in [1.54, 1.807) is 36.1 Å². The van der Waals surface area contributed by atoms with Gasteiger partial charge in [-0.25, -0.2) is 0 Å². The lowest BCUT2D eigenvalue weighted by atomic mass is 10.1. The lowest BCUT2D eigenvalue weighted by Crippen LogP contribution is -2.39. The lowest BCUT2D eigenvalue weighted by Gasteiger charge is -2.23. The van der Waals surface area contributed by atoms with Crippen LogP contribution >= 0.6 is 11.8 Å². The largest absolute Gasteiger partial charge is 0.493 e. The van der Waals surface area contributed by atoms with Crippen LogP contribution in [0.1, 0.15) is 48.5 Å². The van der Waals surface area contributed by atoms with E-state index in [1.165, 1.54) is 17.3 Å². The number of carbonyl (C=O) groups excluding carboxylic acids is 3. The molecule has 0 aromatic heterocycles. The molecule has 3 amide bonds. The van der Waals surface area contributed by atoms with Crippen LogP contribution in [0.5, 0.6) is 17.2 Å². The quantitative estimate of drug-likeness (QED) is 0.153. The molecule has 0 radical (unpaired) electrons. The minimum absolute atomic E-state index is 0.0180. The molecule has 5 aromatic rings. The fraction of sp³-hybridized carbons (Fsp3) is 0.261.